The summed E-state index contributed by atoms with van der Waals surface area (Å²) in [7, 11) is 0. The van der Waals surface area contributed by atoms with Gasteiger partial charge in [-0.2, -0.15) is 0 Å². The molecule has 0 aliphatic rings. The average Bonchev–Trinajstić information content (AvgIpc) is 2.24. The summed E-state index contributed by atoms with van der Waals surface area (Å²) in [6, 6.07) is 4.96. The van der Waals surface area contributed by atoms with Crippen molar-refractivity contribution in [3.8, 4) is 0 Å². The number of hydrogen-bond donors (Lipinski definition) is 0. The molecule has 0 N–H and O–H groups in total. The van der Waals surface area contributed by atoms with Crippen molar-refractivity contribution in [2.45, 2.75) is 45.8 Å². The second-order valence-electron chi connectivity index (χ2n) is 5.20. The van der Waals surface area contributed by atoms with Gasteiger partial charge in [-0.3, -0.25) is 0 Å². The highest BCUT2D eigenvalue weighted by molar-refractivity contribution is 7.99. The number of benzene rings is 1. The summed E-state index contributed by atoms with van der Waals surface area (Å²) >= 11 is 1.46. The molecular formula is C14H19F2NS. The van der Waals surface area contributed by atoms with Gasteiger partial charge in [0.25, 0.3) is 6.43 Å². The third-order valence-corrected chi connectivity index (χ3v) is 3.37. The van der Waals surface area contributed by atoms with E-state index in [0.29, 0.717) is 5.56 Å². The van der Waals surface area contributed by atoms with E-state index in [4.69, 9.17) is 0 Å². The smallest absolute Gasteiger partial charge is 0.220 e. The zero-order valence-corrected chi connectivity index (χ0v) is 12.2. The van der Waals surface area contributed by atoms with Crippen molar-refractivity contribution in [2.24, 2.45) is 4.40 Å². The van der Waals surface area contributed by atoms with Crippen molar-refractivity contribution in [3.63, 3.8) is 0 Å². The lowest BCUT2D eigenvalue weighted by Crippen LogP contribution is -2.07. The van der Waals surface area contributed by atoms with E-state index in [1.165, 1.54) is 18.0 Å². The predicted octanol–water partition coefficient (Wildman–Crippen LogP) is 5.19. The van der Waals surface area contributed by atoms with Gasteiger partial charge in [-0.05, 0) is 57.7 Å². The van der Waals surface area contributed by atoms with Crippen LogP contribution in [0.5, 0.6) is 0 Å². The van der Waals surface area contributed by atoms with E-state index >= 15 is 0 Å². The molecule has 1 nitrogen and oxygen atoms in total. The van der Waals surface area contributed by atoms with Crippen LogP contribution in [-0.2, 0) is 0 Å². The molecular weight excluding hydrogens is 252 g/mol. The first-order valence-corrected chi connectivity index (χ1v) is 6.60. The van der Waals surface area contributed by atoms with E-state index in [1.807, 2.05) is 13.0 Å². The van der Waals surface area contributed by atoms with Gasteiger partial charge in [-0.1, -0.05) is 18.2 Å². The van der Waals surface area contributed by atoms with Gasteiger partial charge in [0, 0.05) is 10.3 Å². The maximum Gasteiger partial charge on any atom is 0.264 e. The highest BCUT2D eigenvalue weighted by Gasteiger charge is 2.15. The van der Waals surface area contributed by atoms with Crippen molar-refractivity contribution >= 4 is 17.7 Å². The Balaban J connectivity index is 3.07. The van der Waals surface area contributed by atoms with E-state index in [-0.39, 0.29) is 10.3 Å². The van der Waals surface area contributed by atoms with Gasteiger partial charge in [0.05, 0.1) is 5.71 Å². The molecule has 0 spiro atoms. The Kier molecular flexibility index (Phi) is 4.91. The monoisotopic (exact) mass is 271 g/mol. The van der Waals surface area contributed by atoms with Gasteiger partial charge >= 0.3 is 0 Å². The minimum atomic E-state index is -2.44. The molecule has 0 radical (unpaired) electrons. The van der Waals surface area contributed by atoms with Gasteiger partial charge in [0.1, 0.15) is 0 Å². The minimum absolute atomic E-state index is 0.0233. The Morgan fingerprint density at radius 1 is 1.28 bits per heavy atom. The molecule has 100 valence electrons. The van der Waals surface area contributed by atoms with Crippen LogP contribution in [0.25, 0.3) is 0 Å². The third kappa shape index (κ3) is 4.09. The normalized spacial score (nSPS) is 13.2. The zero-order valence-electron chi connectivity index (χ0n) is 11.4. The van der Waals surface area contributed by atoms with Crippen molar-refractivity contribution in [3.05, 3.63) is 34.9 Å². The molecule has 18 heavy (non-hydrogen) atoms. The lowest BCUT2D eigenvalue weighted by Gasteiger charge is -2.15. The van der Waals surface area contributed by atoms with Crippen LogP contribution in [0.2, 0.25) is 0 Å². The second kappa shape index (κ2) is 5.83. The van der Waals surface area contributed by atoms with E-state index in [9.17, 15) is 8.78 Å². The molecule has 1 rings (SSSR count). The molecule has 0 saturated heterocycles. The Morgan fingerprint density at radius 3 is 2.39 bits per heavy atom. The van der Waals surface area contributed by atoms with Crippen LogP contribution in [0.15, 0.2) is 22.6 Å². The molecule has 0 saturated carbocycles. The van der Waals surface area contributed by atoms with Crippen molar-refractivity contribution < 1.29 is 8.78 Å². The highest BCUT2D eigenvalue weighted by Crippen LogP contribution is 2.28. The van der Waals surface area contributed by atoms with E-state index in [2.05, 4.69) is 25.2 Å². The van der Waals surface area contributed by atoms with Crippen LogP contribution in [0, 0.1) is 6.92 Å². The van der Waals surface area contributed by atoms with Crippen LogP contribution in [-0.4, -0.2) is 10.5 Å². The van der Waals surface area contributed by atoms with Gasteiger partial charge < -0.3 is 0 Å². The van der Waals surface area contributed by atoms with Gasteiger partial charge in [0.2, 0.25) is 0 Å². The van der Waals surface area contributed by atoms with Gasteiger partial charge in [-0.15, -0.1) is 0 Å². The fraction of sp³-hybridized carbons (Fsp3) is 0.500. The molecule has 0 aliphatic heterocycles. The molecule has 0 unspecified atom stereocenters. The number of rotatable bonds is 3. The van der Waals surface area contributed by atoms with Crippen LogP contribution >= 0.6 is 11.9 Å². The largest absolute Gasteiger partial charge is 0.264 e. The first-order valence-electron chi connectivity index (χ1n) is 5.83. The lowest BCUT2D eigenvalue weighted by atomic mass is 10.00. The van der Waals surface area contributed by atoms with Gasteiger partial charge in [0.15, 0.2) is 0 Å². The summed E-state index contributed by atoms with van der Waals surface area (Å²) < 4.78 is 30.0. The average molecular weight is 271 g/mol. The molecule has 0 fully saturated rings. The maximum atomic E-state index is 12.8. The fourth-order valence-corrected chi connectivity index (χ4v) is 2.05. The van der Waals surface area contributed by atoms with E-state index in [0.717, 1.165) is 11.3 Å². The minimum Gasteiger partial charge on any atom is -0.220 e. The van der Waals surface area contributed by atoms with Crippen LogP contribution in [0.4, 0.5) is 8.78 Å². The standard InChI is InChI=1S/C14H19F2NS/c1-9-11(7-6-8-12(9)13(15)16)10(2)17-18-14(3,4)5/h6-8,13H,1-5H3. The Hall–Kier alpha value is -0.900. The number of nitrogens with zero attached hydrogens (tertiary/aromatic N) is 1. The van der Waals surface area contributed by atoms with E-state index in [1.54, 1.807) is 13.0 Å². The summed E-state index contributed by atoms with van der Waals surface area (Å²) in [5.41, 5.74) is 2.28. The number of halogens is 2. The summed E-state index contributed by atoms with van der Waals surface area (Å²) in [5, 5.41) is 0. The molecule has 0 atom stereocenters. The molecule has 4 heteroatoms. The van der Waals surface area contributed by atoms with Crippen molar-refractivity contribution in [2.75, 3.05) is 0 Å². The first-order chi connectivity index (χ1) is 8.22. The Bertz CT molecular complexity index is 448. The number of hydrogen-bond acceptors (Lipinski definition) is 2. The first kappa shape index (κ1) is 15.2. The van der Waals surface area contributed by atoms with Crippen molar-refractivity contribution in [1.29, 1.82) is 0 Å². The van der Waals surface area contributed by atoms with Crippen LogP contribution in [0.3, 0.4) is 0 Å². The Morgan fingerprint density at radius 2 is 1.89 bits per heavy atom. The van der Waals surface area contributed by atoms with Gasteiger partial charge in [-0.25, -0.2) is 13.2 Å². The van der Waals surface area contributed by atoms with Crippen LogP contribution < -0.4 is 0 Å². The quantitative estimate of drug-likeness (QED) is 0.544. The summed E-state index contributed by atoms with van der Waals surface area (Å²) in [5.74, 6) is 0. The molecule has 1 aromatic carbocycles. The highest BCUT2D eigenvalue weighted by atomic mass is 32.2. The zero-order chi connectivity index (χ0) is 13.9. The molecule has 0 bridgehead atoms. The summed E-state index contributed by atoms with van der Waals surface area (Å²) in [6.07, 6.45) is -2.44. The molecule has 0 heterocycles. The second-order valence-corrected chi connectivity index (χ2v) is 6.79. The van der Waals surface area contributed by atoms with Crippen LogP contribution in [0.1, 0.15) is 50.8 Å². The molecule has 1 aromatic rings. The topological polar surface area (TPSA) is 12.4 Å². The molecule has 0 aliphatic carbocycles. The summed E-state index contributed by atoms with van der Waals surface area (Å²) in [4.78, 5) is 0. The molecule has 0 aromatic heterocycles. The fourth-order valence-electron chi connectivity index (χ4n) is 1.54. The Labute approximate surface area is 112 Å². The lowest BCUT2D eigenvalue weighted by molar-refractivity contribution is 0.150. The van der Waals surface area contributed by atoms with E-state index < -0.39 is 6.43 Å². The number of alkyl halides is 2. The maximum absolute atomic E-state index is 12.8. The third-order valence-electron chi connectivity index (χ3n) is 2.46. The predicted molar refractivity (Wildman–Crippen MR) is 75.7 cm³/mol. The SMILES string of the molecule is CC(=NSC(C)(C)C)c1cccc(C(F)F)c1C. The van der Waals surface area contributed by atoms with Crippen molar-refractivity contribution in [1.82, 2.24) is 0 Å². The molecule has 0 amide bonds. The summed E-state index contributed by atoms with van der Waals surface area (Å²) in [6.45, 7) is 9.78.